The van der Waals surface area contributed by atoms with Crippen LogP contribution in [0.4, 0.5) is 4.39 Å². The first-order chi connectivity index (χ1) is 15.2. The summed E-state index contributed by atoms with van der Waals surface area (Å²) in [6.07, 6.45) is 7.69. The Morgan fingerprint density at radius 3 is 2.53 bits per heavy atom. The van der Waals surface area contributed by atoms with Gasteiger partial charge in [-0.3, -0.25) is 4.79 Å². The monoisotopic (exact) mass is 446 g/mol. The van der Waals surface area contributed by atoms with Gasteiger partial charge in [-0.2, -0.15) is 5.10 Å². The van der Waals surface area contributed by atoms with Crippen LogP contribution in [0.5, 0.6) is 5.75 Å². The van der Waals surface area contributed by atoms with Crippen LogP contribution in [-0.4, -0.2) is 40.9 Å². The molecule has 176 valence electrons. The van der Waals surface area contributed by atoms with Gasteiger partial charge in [-0.1, -0.05) is 40.5 Å². The minimum Gasteiger partial charge on any atom is -0.493 e. The van der Waals surface area contributed by atoms with Crippen LogP contribution in [-0.2, 0) is 4.79 Å². The van der Waals surface area contributed by atoms with Gasteiger partial charge in [0.05, 0.1) is 12.2 Å². The van der Waals surface area contributed by atoms with E-state index in [-0.39, 0.29) is 23.3 Å². The lowest BCUT2D eigenvalue weighted by molar-refractivity contribution is -0.141. The Balaban J connectivity index is 1.83. The van der Waals surface area contributed by atoms with Crippen LogP contribution in [0.3, 0.4) is 0 Å². The summed E-state index contributed by atoms with van der Waals surface area (Å²) in [4.78, 5) is 24.3. The van der Waals surface area contributed by atoms with Crippen molar-refractivity contribution in [3.05, 3.63) is 29.1 Å². The van der Waals surface area contributed by atoms with E-state index in [1.54, 1.807) is 6.07 Å². The Morgan fingerprint density at radius 1 is 1.28 bits per heavy atom. The number of carboxylic acids is 1. The van der Waals surface area contributed by atoms with Gasteiger partial charge in [0.1, 0.15) is 11.6 Å². The molecule has 0 spiro atoms. The molecule has 32 heavy (non-hydrogen) atoms. The summed E-state index contributed by atoms with van der Waals surface area (Å²) >= 11 is 0. The Labute approximate surface area is 189 Å². The number of aliphatic carboxylic acids is 1. The summed E-state index contributed by atoms with van der Waals surface area (Å²) in [6, 6.07) is 1.74. The fraction of sp³-hybridized carbons (Fsp3) is 0.640. The van der Waals surface area contributed by atoms with Crippen molar-refractivity contribution in [2.45, 2.75) is 84.6 Å². The largest absolute Gasteiger partial charge is 0.493 e. The summed E-state index contributed by atoms with van der Waals surface area (Å²) < 4.78 is 21.2. The molecule has 1 aromatic carbocycles. The van der Waals surface area contributed by atoms with Crippen LogP contribution in [0.15, 0.2) is 17.2 Å². The van der Waals surface area contributed by atoms with Crippen molar-refractivity contribution >= 4 is 18.1 Å². The number of carboxylic acid groups (broad SMARTS) is 1. The topological polar surface area (TPSA) is 79.2 Å². The van der Waals surface area contributed by atoms with E-state index in [0.29, 0.717) is 18.3 Å². The predicted molar refractivity (Wildman–Crippen MR) is 122 cm³/mol. The zero-order valence-corrected chi connectivity index (χ0v) is 19.6. The number of ether oxygens (including phenoxy) is 1. The number of amides is 1. The maximum Gasteiger partial charge on any atom is 0.329 e. The third-order valence-corrected chi connectivity index (χ3v) is 7.04. The zero-order chi connectivity index (χ0) is 23.5. The smallest absolute Gasteiger partial charge is 0.329 e. The Morgan fingerprint density at radius 2 is 1.97 bits per heavy atom. The number of carbonyl (C=O) groups is 2. The molecule has 1 amide bonds. The number of hydrogen-bond acceptors (Lipinski definition) is 4. The van der Waals surface area contributed by atoms with Crippen molar-refractivity contribution in [3.63, 3.8) is 0 Å². The first-order valence-electron chi connectivity index (χ1n) is 11.8. The minimum absolute atomic E-state index is 0.0125. The van der Waals surface area contributed by atoms with Crippen LogP contribution in [0.25, 0.3) is 0 Å². The quantitative estimate of drug-likeness (QED) is 0.479. The molecule has 1 saturated carbocycles. The highest BCUT2D eigenvalue weighted by Crippen LogP contribution is 2.46. The summed E-state index contributed by atoms with van der Waals surface area (Å²) in [5.41, 5.74) is 0.659. The first-order valence-corrected chi connectivity index (χ1v) is 11.8. The fourth-order valence-corrected chi connectivity index (χ4v) is 4.34. The normalized spacial score (nSPS) is 19.9. The van der Waals surface area contributed by atoms with E-state index in [1.165, 1.54) is 12.3 Å². The summed E-state index contributed by atoms with van der Waals surface area (Å²) in [7, 11) is 0. The highest BCUT2D eigenvalue weighted by atomic mass is 19.1. The average molecular weight is 447 g/mol. The van der Waals surface area contributed by atoms with Gasteiger partial charge in [0, 0.05) is 24.1 Å². The van der Waals surface area contributed by atoms with Gasteiger partial charge in [-0.25, -0.2) is 14.2 Å². The predicted octanol–water partition coefficient (Wildman–Crippen LogP) is 5.61. The molecule has 6 nitrogen and oxygen atoms in total. The number of halogens is 1. The zero-order valence-electron chi connectivity index (χ0n) is 19.6. The van der Waals surface area contributed by atoms with Crippen molar-refractivity contribution in [2.24, 2.45) is 16.4 Å². The van der Waals surface area contributed by atoms with Gasteiger partial charge in [0.25, 0.3) is 5.91 Å². The highest BCUT2D eigenvalue weighted by Gasteiger charge is 2.36. The molecule has 1 aliphatic carbocycles. The molecule has 0 bridgehead atoms. The van der Waals surface area contributed by atoms with E-state index >= 15 is 4.39 Å². The van der Waals surface area contributed by atoms with Gasteiger partial charge < -0.3 is 9.84 Å². The standard InChI is InChI=1S/C25H35FN2O4/c1-5-16(6-2)14-25(4,7-3)15-32-22-13-20(26)19(12-18(22)17-8-9-17)23(29)28-21(24(30)31)10-11-27-28/h11-13,16-17,21H,5-10,14-15H2,1-4H3,(H,30,31). The van der Waals surface area contributed by atoms with Crippen molar-refractivity contribution < 1.29 is 23.8 Å². The summed E-state index contributed by atoms with van der Waals surface area (Å²) in [5.74, 6) is -1.24. The molecule has 2 unspecified atom stereocenters. The molecule has 2 aliphatic rings. The highest BCUT2D eigenvalue weighted by molar-refractivity contribution is 5.99. The minimum atomic E-state index is -1.16. The number of rotatable bonds is 11. The lowest BCUT2D eigenvalue weighted by Gasteiger charge is -2.32. The molecule has 0 saturated heterocycles. The van der Waals surface area contributed by atoms with Crippen LogP contribution in [0, 0.1) is 17.2 Å². The summed E-state index contributed by atoms with van der Waals surface area (Å²) in [6.45, 7) is 9.28. The molecule has 1 N–H and O–H groups in total. The molecule has 7 heteroatoms. The number of hydrogen-bond donors (Lipinski definition) is 1. The van der Waals surface area contributed by atoms with E-state index in [9.17, 15) is 14.7 Å². The maximum atomic E-state index is 15.0. The molecule has 0 aromatic heterocycles. The molecule has 0 radical (unpaired) electrons. The van der Waals surface area contributed by atoms with E-state index in [1.807, 2.05) is 0 Å². The van der Waals surface area contributed by atoms with E-state index < -0.39 is 23.7 Å². The molecule has 2 atom stereocenters. The van der Waals surface area contributed by atoms with Gasteiger partial charge in [-0.05, 0) is 49.1 Å². The van der Waals surface area contributed by atoms with E-state index in [0.717, 1.165) is 49.1 Å². The number of hydrazone groups is 1. The molecule has 1 aliphatic heterocycles. The Hall–Kier alpha value is -2.44. The third-order valence-electron chi connectivity index (χ3n) is 7.04. The molecule has 1 fully saturated rings. The second-order valence-electron chi connectivity index (χ2n) is 9.52. The fourth-order valence-electron chi connectivity index (χ4n) is 4.34. The van der Waals surface area contributed by atoms with Gasteiger partial charge in [0.2, 0.25) is 0 Å². The Kier molecular flexibility index (Phi) is 7.57. The van der Waals surface area contributed by atoms with Crippen LogP contribution in [0.2, 0.25) is 0 Å². The molecule has 1 aromatic rings. The lowest BCUT2D eigenvalue weighted by atomic mass is 9.78. The SMILES string of the molecule is CCC(CC)CC(C)(CC)COc1cc(F)c(C(=O)N2N=CCC2C(=O)O)cc1C1CC1. The van der Waals surface area contributed by atoms with Crippen molar-refractivity contribution in [2.75, 3.05) is 6.61 Å². The molecule has 1 heterocycles. The first kappa shape index (κ1) is 24.2. The van der Waals surface area contributed by atoms with E-state index in [2.05, 4.69) is 32.8 Å². The maximum absolute atomic E-state index is 15.0. The molecule has 3 rings (SSSR count). The van der Waals surface area contributed by atoms with Crippen molar-refractivity contribution in [1.82, 2.24) is 5.01 Å². The average Bonchev–Trinajstić information content (AvgIpc) is 3.50. The number of nitrogens with zero attached hydrogens (tertiary/aromatic N) is 2. The van der Waals surface area contributed by atoms with Gasteiger partial charge in [-0.15, -0.1) is 0 Å². The summed E-state index contributed by atoms with van der Waals surface area (Å²) in [5, 5.41) is 14.1. The number of carbonyl (C=O) groups excluding carboxylic acids is 1. The van der Waals surface area contributed by atoms with Crippen LogP contribution in [0.1, 0.15) is 94.5 Å². The van der Waals surface area contributed by atoms with Crippen molar-refractivity contribution in [3.8, 4) is 5.75 Å². The number of benzene rings is 1. The van der Waals surface area contributed by atoms with E-state index in [4.69, 9.17) is 4.74 Å². The van der Waals surface area contributed by atoms with Crippen LogP contribution < -0.4 is 4.74 Å². The lowest BCUT2D eigenvalue weighted by Crippen LogP contribution is -2.38. The second-order valence-corrected chi connectivity index (χ2v) is 9.52. The third kappa shape index (κ3) is 5.30. The Bertz CT molecular complexity index is 879. The van der Waals surface area contributed by atoms with Gasteiger partial charge >= 0.3 is 5.97 Å². The molecular weight excluding hydrogens is 411 g/mol. The van der Waals surface area contributed by atoms with Crippen molar-refractivity contribution in [1.29, 1.82) is 0 Å². The second kappa shape index (κ2) is 10.0. The molecular formula is C25H35FN2O4. The van der Waals surface area contributed by atoms with Gasteiger partial charge in [0.15, 0.2) is 6.04 Å². The van der Waals surface area contributed by atoms with Crippen LogP contribution >= 0.6 is 0 Å².